The van der Waals surface area contributed by atoms with E-state index in [2.05, 4.69) is 10.6 Å². The number of anilines is 1. The molecule has 0 radical (unpaired) electrons. The molecule has 0 aromatic heterocycles. The molecular weight excluding hydrogens is 276 g/mol. The zero-order chi connectivity index (χ0) is 14.4. The fourth-order valence-corrected chi connectivity index (χ4v) is 2.69. The standard InChI is InChI=1S/C15H21ClN2O2/c16-13-7-6-11(10-19)8-14(13)17-9-15(20)18-12-4-2-1-3-5-12/h6-8,12,17,19H,1-5,9-10H2,(H,18,20). The second-order valence-electron chi connectivity index (χ2n) is 5.23. The number of benzene rings is 1. The molecule has 0 atom stereocenters. The van der Waals surface area contributed by atoms with Gasteiger partial charge in [-0.25, -0.2) is 0 Å². The SMILES string of the molecule is O=C(CNc1cc(CO)ccc1Cl)NC1CCCCC1. The van der Waals surface area contributed by atoms with E-state index in [0.717, 1.165) is 18.4 Å². The molecule has 0 heterocycles. The van der Waals surface area contributed by atoms with Crippen molar-refractivity contribution in [2.75, 3.05) is 11.9 Å². The first kappa shape index (κ1) is 15.1. The summed E-state index contributed by atoms with van der Waals surface area (Å²) in [5.41, 5.74) is 1.45. The molecule has 0 unspecified atom stereocenters. The first-order valence-corrected chi connectivity index (χ1v) is 7.49. The predicted molar refractivity (Wildman–Crippen MR) is 80.9 cm³/mol. The Morgan fingerprint density at radius 2 is 2.05 bits per heavy atom. The minimum atomic E-state index is -0.0415. The van der Waals surface area contributed by atoms with E-state index in [-0.39, 0.29) is 19.1 Å². The Balaban J connectivity index is 1.83. The third kappa shape index (κ3) is 4.39. The molecule has 1 aromatic carbocycles. The number of aliphatic hydroxyl groups is 1. The van der Waals surface area contributed by atoms with E-state index in [9.17, 15) is 4.79 Å². The van der Waals surface area contributed by atoms with E-state index in [1.54, 1.807) is 18.2 Å². The summed E-state index contributed by atoms with van der Waals surface area (Å²) in [4.78, 5) is 11.9. The summed E-state index contributed by atoms with van der Waals surface area (Å²) >= 11 is 6.05. The zero-order valence-electron chi connectivity index (χ0n) is 11.5. The molecule has 1 amide bonds. The normalized spacial score (nSPS) is 15.9. The fourth-order valence-electron chi connectivity index (χ4n) is 2.51. The Morgan fingerprint density at radius 3 is 2.75 bits per heavy atom. The third-order valence-electron chi connectivity index (χ3n) is 3.62. The van der Waals surface area contributed by atoms with Crippen LogP contribution in [0.5, 0.6) is 0 Å². The van der Waals surface area contributed by atoms with E-state index in [1.165, 1.54) is 19.3 Å². The van der Waals surface area contributed by atoms with Crippen LogP contribution in [0.1, 0.15) is 37.7 Å². The summed E-state index contributed by atoms with van der Waals surface area (Å²) in [5.74, 6) is -0.0117. The van der Waals surface area contributed by atoms with Gasteiger partial charge in [0.1, 0.15) is 0 Å². The first-order valence-electron chi connectivity index (χ1n) is 7.11. The third-order valence-corrected chi connectivity index (χ3v) is 3.95. The largest absolute Gasteiger partial charge is 0.392 e. The summed E-state index contributed by atoms with van der Waals surface area (Å²) in [5, 5.41) is 15.7. The van der Waals surface area contributed by atoms with Crippen molar-refractivity contribution in [3.8, 4) is 0 Å². The Bertz CT molecular complexity index is 459. The van der Waals surface area contributed by atoms with Crippen molar-refractivity contribution >= 4 is 23.2 Å². The molecule has 0 spiro atoms. The summed E-state index contributed by atoms with van der Waals surface area (Å²) in [7, 11) is 0. The number of carbonyl (C=O) groups excluding carboxylic acids is 1. The second kappa shape index (κ2) is 7.50. The van der Waals surface area contributed by atoms with Gasteiger partial charge < -0.3 is 15.7 Å². The van der Waals surface area contributed by atoms with Gasteiger partial charge in [0.25, 0.3) is 0 Å². The summed E-state index contributed by atoms with van der Waals surface area (Å²) in [6.07, 6.45) is 5.82. The molecule has 1 aliphatic rings. The van der Waals surface area contributed by atoms with Crippen LogP contribution in [0.2, 0.25) is 5.02 Å². The summed E-state index contributed by atoms with van der Waals surface area (Å²) in [6.45, 7) is 0.158. The van der Waals surface area contributed by atoms with E-state index in [1.807, 2.05) is 0 Å². The maximum absolute atomic E-state index is 11.9. The minimum absolute atomic E-state index is 0.0117. The molecule has 0 saturated heterocycles. The topological polar surface area (TPSA) is 61.4 Å². The molecule has 1 fully saturated rings. The Kier molecular flexibility index (Phi) is 5.68. The van der Waals surface area contributed by atoms with Crippen molar-refractivity contribution in [1.29, 1.82) is 0 Å². The van der Waals surface area contributed by atoms with Gasteiger partial charge in [-0.2, -0.15) is 0 Å². The van der Waals surface area contributed by atoms with E-state index < -0.39 is 0 Å². The molecule has 3 N–H and O–H groups in total. The maximum atomic E-state index is 11.9. The quantitative estimate of drug-likeness (QED) is 0.783. The van der Waals surface area contributed by atoms with E-state index in [4.69, 9.17) is 16.7 Å². The lowest BCUT2D eigenvalue weighted by Crippen LogP contribution is -2.39. The zero-order valence-corrected chi connectivity index (χ0v) is 12.2. The number of hydrogen-bond acceptors (Lipinski definition) is 3. The van der Waals surface area contributed by atoms with Gasteiger partial charge in [0.15, 0.2) is 0 Å². The summed E-state index contributed by atoms with van der Waals surface area (Å²) in [6, 6.07) is 5.55. The van der Waals surface area contributed by atoms with Gasteiger partial charge in [-0.05, 0) is 30.5 Å². The highest BCUT2D eigenvalue weighted by Gasteiger charge is 2.15. The smallest absolute Gasteiger partial charge is 0.239 e. The molecule has 1 aromatic rings. The van der Waals surface area contributed by atoms with Gasteiger partial charge in [0, 0.05) is 6.04 Å². The maximum Gasteiger partial charge on any atom is 0.239 e. The highest BCUT2D eigenvalue weighted by atomic mass is 35.5. The number of rotatable bonds is 5. The molecule has 4 nitrogen and oxygen atoms in total. The van der Waals surface area contributed by atoms with Crippen molar-refractivity contribution in [2.24, 2.45) is 0 Å². The fraction of sp³-hybridized carbons (Fsp3) is 0.533. The monoisotopic (exact) mass is 296 g/mol. The molecule has 1 saturated carbocycles. The number of nitrogens with one attached hydrogen (secondary N) is 2. The van der Waals surface area contributed by atoms with Crippen LogP contribution in [0.3, 0.4) is 0 Å². The molecule has 5 heteroatoms. The van der Waals surface area contributed by atoms with Crippen molar-refractivity contribution in [2.45, 2.75) is 44.8 Å². The van der Waals surface area contributed by atoms with Crippen LogP contribution in [0.25, 0.3) is 0 Å². The van der Waals surface area contributed by atoms with E-state index >= 15 is 0 Å². The van der Waals surface area contributed by atoms with Crippen molar-refractivity contribution in [1.82, 2.24) is 5.32 Å². The molecule has 20 heavy (non-hydrogen) atoms. The molecule has 110 valence electrons. The summed E-state index contributed by atoms with van der Waals surface area (Å²) < 4.78 is 0. The number of aliphatic hydroxyl groups excluding tert-OH is 1. The minimum Gasteiger partial charge on any atom is -0.392 e. The van der Waals surface area contributed by atoms with Crippen LogP contribution in [0.4, 0.5) is 5.69 Å². The number of hydrogen-bond donors (Lipinski definition) is 3. The molecule has 1 aliphatic carbocycles. The molecule has 0 aliphatic heterocycles. The lowest BCUT2D eigenvalue weighted by Gasteiger charge is -2.23. The van der Waals surface area contributed by atoms with Crippen molar-refractivity contribution < 1.29 is 9.90 Å². The van der Waals surface area contributed by atoms with E-state index in [0.29, 0.717) is 16.8 Å². The van der Waals surface area contributed by atoms with Crippen molar-refractivity contribution in [3.63, 3.8) is 0 Å². The Hall–Kier alpha value is -1.26. The first-order chi connectivity index (χ1) is 9.69. The number of amides is 1. The van der Waals surface area contributed by atoms with Gasteiger partial charge in [0.05, 0.1) is 23.9 Å². The van der Waals surface area contributed by atoms with Crippen LogP contribution in [-0.4, -0.2) is 23.6 Å². The Morgan fingerprint density at radius 1 is 1.30 bits per heavy atom. The van der Waals surface area contributed by atoms with Gasteiger partial charge in [-0.1, -0.05) is 36.9 Å². The molecular formula is C15H21ClN2O2. The van der Waals surface area contributed by atoms with Crippen LogP contribution in [0.15, 0.2) is 18.2 Å². The van der Waals surface area contributed by atoms with Gasteiger partial charge in [-0.15, -0.1) is 0 Å². The van der Waals surface area contributed by atoms with Crippen LogP contribution in [0, 0.1) is 0 Å². The van der Waals surface area contributed by atoms with Gasteiger partial charge in [-0.3, -0.25) is 4.79 Å². The Labute approximate surface area is 124 Å². The predicted octanol–water partition coefficient (Wildman–Crippen LogP) is 2.69. The average molecular weight is 297 g/mol. The van der Waals surface area contributed by atoms with Crippen LogP contribution < -0.4 is 10.6 Å². The van der Waals surface area contributed by atoms with Crippen LogP contribution in [-0.2, 0) is 11.4 Å². The van der Waals surface area contributed by atoms with Crippen LogP contribution >= 0.6 is 11.6 Å². The van der Waals surface area contributed by atoms with Crippen molar-refractivity contribution in [3.05, 3.63) is 28.8 Å². The lowest BCUT2D eigenvalue weighted by molar-refractivity contribution is -0.120. The highest BCUT2D eigenvalue weighted by molar-refractivity contribution is 6.33. The van der Waals surface area contributed by atoms with Gasteiger partial charge in [0.2, 0.25) is 5.91 Å². The average Bonchev–Trinajstić information content (AvgIpc) is 2.47. The second-order valence-corrected chi connectivity index (χ2v) is 5.64. The lowest BCUT2D eigenvalue weighted by atomic mass is 9.95. The molecule has 2 rings (SSSR count). The molecule has 0 bridgehead atoms. The highest BCUT2D eigenvalue weighted by Crippen LogP contribution is 2.23. The number of carbonyl (C=O) groups is 1. The number of halogens is 1. The van der Waals surface area contributed by atoms with Gasteiger partial charge >= 0.3 is 0 Å².